The van der Waals surface area contributed by atoms with E-state index in [1.54, 1.807) is 12.5 Å². The van der Waals surface area contributed by atoms with Crippen LogP contribution in [0.15, 0.2) is 43.0 Å². The fourth-order valence-corrected chi connectivity index (χ4v) is 4.53. The van der Waals surface area contributed by atoms with Crippen molar-refractivity contribution in [2.24, 2.45) is 0 Å². The van der Waals surface area contributed by atoms with E-state index in [0.29, 0.717) is 11.3 Å². The number of aromatic nitrogens is 2. The van der Waals surface area contributed by atoms with Gasteiger partial charge in [-0.05, 0) is 36.3 Å². The zero-order chi connectivity index (χ0) is 16.8. The summed E-state index contributed by atoms with van der Waals surface area (Å²) in [5.41, 5.74) is 1.86. The number of rotatable bonds is 6. The van der Waals surface area contributed by atoms with E-state index in [1.165, 1.54) is 19.3 Å². The molecule has 1 aliphatic rings. The Morgan fingerprint density at radius 2 is 2.25 bits per heavy atom. The van der Waals surface area contributed by atoms with Crippen molar-refractivity contribution in [3.63, 3.8) is 0 Å². The Morgan fingerprint density at radius 3 is 3.04 bits per heavy atom. The minimum absolute atomic E-state index is 0.0519. The summed E-state index contributed by atoms with van der Waals surface area (Å²) in [5, 5.41) is 3.83. The molecule has 1 aromatic carbocycles. The molecule has 1 aromatic heterocycles. The average molecular weight is 343 g/mol. The Morgan fingerprint density at radius 1 is 1.38 bits per heavy atom. The largest absolute Gasteiger partial charge is 0.348 e. The number of nitrogens with one attached hydrogen (secondary N) is 1. The second-order valence-electron chi connectivity index (χ2n) is 6.29. The first-order chi connectivity index (χ1) is 11.8. The van der Waals surface area contributed by atoms with Crippen LogP contribution in [0.2, 0.25) is 0 Å². The van der Waals surface area contributed by atoms with Crippen molar-refractivity contribution in [3.8, 4) is 0 Å². The van der Waals surface area contributed by atoms with Gasteiger partial charge >= 0.3 is 0 Å². The van der Waals surface area contributed by atoms with Gasteiger partial charge in [0.25, 0.3) is 5.91 Å². The molecule has 1 heterocycles. The van der Waals surface area contributed by atoms with Gasteiger partial charge in [-0.15, -0.1) is 0 Å². The molecule has 2 unspecified atom stereocenters. The van der Waals surface area contributed by atoms with Gasteiger partial charge in [-0.2, -0.15) is 11.8 Å². The summed E-state index contributed by atoms with van der Waals surface area (Å²) in [4.78, 5) is 16.7. The van der Waals surface area contributed by atoms with Crippen LogP contribution in [0.25, 0.3) is 0 Å². The first-order valence-corrected chi connectivity index (χ1v) is 9.78. The molecule has 24 heavy (non-hydrogen) atoms. The Hall–Kier alpha value is -1.75. The van der Waals surface area contributed by atoms with E-state index < -0.39 is 0 Å². The predicted molar refractivity (Wildman–Crippen MR) is 99.4 cm³/mol. The third-order valence-corrected chi connectivity index (χ3v) is 5.84. The van der Waals surface area contributed by atoms with Crippen molar-refractivity contribution in [1.29, 1.82) is 0 Å². The number of nitrogens with zero attached hydrogens (tertiary/aromatic N) is 2. The summed E-state index contributed by atoms with van der Waals surface area (Å²) in [5.74, 6) is 1.16. The van der Waals surface area contributed by atoms with Gasteiger partial charge in [0, 0.05) is 35.8 Å². The predicted octanol–water partition coefficient (Wildman–Crippen LogP) is 3.73. The van der Waals surface area contributed by atoms with Crippen LogP contribution in [-0.4, -0.2) is 32.5 Å². The Balaban J connectivity index is 1.65. The van der Waals surface area contributed by atoms with E-state index >= 15 is 0 Å². The van der Waals surface area contributed by atoms with Crippen LogP contribution in [0.4, 0.5) is 0 Å². The molecule has 2 aromatic rings. The number of thioether (sulfide) groups is 1. The number of hydrogen-bond acceptors (Lipinski definition) is 3. The van der Waals surface area contributed by atoms with Gasteiger partial charge in [-0.25, -0.2) is 4.98 Å². The molecule has 1 amide bonds. The molecule has 0 bridgehead atoms. The molecule has 0 saturated heterocycles. The number of carbonyl (C=O) groups excluding carboxylic acids is 1. The van der Waals surface area contributed by atoms with Crippen molar-refractivity contribution in [2.45, 2.75) is 50.4 Å². The molecular weight excluding hydrogens is 318 g/mol. The van der Waals surface area contributed by atoms with Crippen LogP contribution in [0.5, 0.6) is 0 Å². The van der Waals surface area contributed by atoms with Gasteiger partial charge in [0.1, 0.15) is 0 Å². The van der Waals surface area contributed by atoms with Crippen LogP contribution in [0.1, 0.15) is 48.5 Å². The van der Waals surface area contributed by atoms with Crippen LogP contribution in [0, 0.1) is 0 Å². The number of hydrogen-bond donors (Lipinski definition) is 1. The third-order valence-electron chi connectivity index (χ3n) is 4.51. The zero-order valence-electron chi connectivity index (χ0n) is 14.1. The highest BCUT2D eigenvalue weighted by atomic mass is 32.2. The number of amides is 1. The zero-order valence-corrected chi connectivity index (χ0v) is 15.0. The lowest BCUT2D eigenvalue weighted by Crippen LogP contribution is -2.43. The van der Waals surface area contributed by atoms with Crippen LogP contribution in [0.3, 0.4) is 0 Å². The van der Waals surface area contributed by atoms with Gasteiger partial charge in [0.2, 0.25) is 0 Å². The summed E-state index contributed by atoms with van der Waals surface area (Å²) in [7, 11) is 0. The molecule has 1 fully saturated rings. The SMILES string of the molecule is CCSC1CCCCC1NC(=O)c1cccc(Cn2ccnc2)c1. The molecule has 1 saturated carbocycles. The maximum absolute atomic E-state index is 12.7. The molecule has 0 spiro atoms. The van der Waals surface area contributed by atoms with Crippen molar-refractivity contribution in [1.82, 2.24) is 14.9 Å². The van der Waals surface area contributed by atoms with Gasteiger partial charge in [-0.1, -0.05) is 31.9 Å². The van der Waals surface area contributed by atoms with Crippen LogP contribution >= 0.6 is 11.8 Å². The first-order valence-electron chi connectivity index (χ1n) is 8.73. The summed E-state index contributed by atoms with van der Waals surface area (Å²) in [6.45, 7) is 2.93. The van der Waals surface area contributed by atoms with Crippen LogP contribution < -0.4 is 5.32 Å². The second kappa shape index (κ2) is 8.38. The summed E-state index contributed by atoms with van der Waals surface area (Å²) in [6, 6.07) is 8.19. The van der Waals surface area contributed by atoms with Gasteiger partial charge in [-0.3, -0.25) is 4.79 Å². The molecule has 0 aliphatic heterocycles. The van der Waals surface area contributed by atoms with E-state index in [9.17, 15) is 4.79 Å². The van der Waals surface area contributed by atoms with Gasteiger partial charge in [0.05, 0.1) is 6.33 Å². The molecule has 3 rings (SSSR count). The minimum Gasteiger partial charge on any atom is -0.348 e. The lowest BCUT2D eigenvalue weighted by Gasteiger charge is -2.31. The van der Waals surface area contributed by atoms with Gasteiger partial charge in [0.15, 0.2) is 0 Å². The van der Waals surface area contributed by atoms with Crippen molar-refractivity contribution >= 4 is 17.7 Å². The highest BCUT2D eigenvalue weighted by Crippen LogP contribution is 2.28. The second-order valence-corrected chi connectivity index (χ2v) is 7.81. The standard InChI is InChI=1S/C19H25N3OS/c1-2-24-18-9-4-3-8-17(18)21-19(23)16-7-5-6-15(12-16)13-22-11-10-20-14-22/h5-7,10-12,14,17-18H,2-4,8-9,13H2,1H3,(H,21,23). The molecule has 1 aliphatic carbocycles. The normalized spacial score (nSPS) is 20.7. The monoisotopic (exact) mass is 343 g/mol. The van der Waals surface area contributed by atoms with E-state index in [2.05, 4.69) is 17.2 Å². The molecule has 1 N–H and O–H groups in total. The highest BCUT2D eigenvalue weighted by molar-refractivity contribution is 7.99. The third kappa shape index (κ3) is 4.41. The Labute approximate surface area is 148 Å². The number of benzene rings is 1. The Kier molecular flexibility index (Phi) is 5.96. The lowest BCUT2D eigenvalue weighted by molar-refractivity contribution is 0.0929. The molecule has 2 atom stereocenters. The van der Waals surface area contributed by atoms with E-state index in [0.717, 1.165) is 29.8 Å². The van der Waals surface area contributed by atoms with Crippen molar-refractivity contribution < 1.29 is 4.79 Å². The van der Waals surface area contributed by atoms with Crippen molar-refractivity contribution in [3.05, 3.63) is 54.1 Å². The topological polar surface area (TPSA) is 46.9 Å². The molecule has 5 heteroatoms. The molecular formula is C19H25N3OS. The first kappa shape index (κ1) is 17.1. The van der Waals surface area contributed by atoms with Gasteiger partial charge < -0.3 is 9.88 Å². The average Bonchev–Trinajstić information content (AvgIpc) is 3.10. The fourth-order valence-electron chi connectivity index (χ4n) is 3.33. The highest BCUT2D eigenvalue weighted by Gasteiger charge is 2.26. The maximum Gasteiger partial charge on any atom is 0.251 e. The molecule has 4 nitrogen and oxygen atoms in total. The summed E-state index contributed by atoms with van der Waals surface area (Å²) in [6.07, 6.45) is 10.3. The number of carbonyl (C=O) groups is 1. The Bertz CT molecular complexity index is 654. The van der Waals surface area contributed by atoms with E-state index in [1.807, 2.05) is 46.8 Å². The van der Waals surface area contributed by atoms with Crippen LogP contribution in [-0.2, 0) is 6.54 Å². The van der Waals surface area contributed by atoms with E-state index in [-0.39, 0.29) is 5.91 Å². The number of imidazole rings is 1. The fraction of sp³-hybridized carbons (Fsp3) is 0.474. The quantitative estimate of drug-likeness (QED) is 0.869. The molecule has 0 radical (unpaired) electrons. The lowest BCUT2D eigenvalue weighted by atomic mass is 9.94. The smallest absolute Gasteiger partial charge is 0.251 e. The maximum atomic E-state index is 12.7. The van der Waals surface area contributed by atoms with Crippen molar-refractivity contribution in [2.75, 3.05) is 5.75 Å². The summed E-state index contributed by atoms with van der Waals surface area (Å²) < 4.78 is 2.01. The minimum atomic E-state index is 0.0519. The molecule has 128 valence electrons. The summed E-state index contributed by atoms with van der Waals surface area (Å²) >= 11 is 1.98. The van der Waals surface area contributed by atoms with E-state index in [4.69, 9.17) is 0 Å².